The summed E-state index contributed by atoms with van der Waals surface area (Å²) in [5.74, 6) is 0.719. The van der Waals surface area contributed by atoms with Crippen LogP contribution in [0.25, 0.3) is 0 Å². The second-order valence-electron chi connectivity index (χ2n) is 2.44. The van der Waals surface area contributed by atoms with Crippen LogP contribution in [0.2, 0.25) is 0 Å². The molecule has 0 radical (unpaired) electrons. The van der Waals surface area contributed by atoms with Crippen molar-refractivity contribution in [3.63, 3.8) is 0 Å². The van der Waals surface area contributed by atoms with Gasteiger partial charge in [-0.05, 0) is 18.8 Å². The van der Waals surface area contributed by atoms with Gasteiger partial charge < -0.3 is 0 Å². The van der Waals surface area contributed by atoms with Gasteiger partial charge in [-0.2, -0.15) is 0 Å². The van der Waals surface area contributed by atoms with Gasteiger partial charge in [0.1, 0.15) is 0 Å². The summed E-state index contributed by atoms with van der Waals surface area (Å²) in [6.07, 6.45) is 2.16. The Bertz CT molecular complexity index is 73.5. The van der Waals surface area contributed by atoms with Crippen LogP contribution in [-0.4, -0.2) is 6.61 Å². The minimum Gasteiger partial charge on any atom is -0.294 e. The molecule has 0 saturated heterocycles. The Labute approximate surface area is 57.9 Å². The lowest BCUT2D eigenvalue weighted by molar-refractivity contribution is 0.320. The minimum absolute atomic E-state index is 0.193. The lowest BCUT2D eigenvalue weighted by atomic mass is 10.1. The van der Waals surface area contributed by atoms with Crippen LogP contribution >= 0.6 is 8.69 Å². The van der Waals surface area contributed by atoms with Crippen molar-refractivity contribution in [3.8, 4) is 0 Å². The van der Waals surface area contributed by atoms with Crippen molar-refractivity contribution in [2.45, 2.75) is 26.7 Å². The van der Waals surface area contributed by atoms with E-state index in [1.165, 1.54) is 0 Å². The molecule has 54 valence electrons. The zero-order valence-electron chi connectivity index (χ0n) is 5.96. The SMILES string of the molecule is CC(C)CCCOP=O. The molecule has 0 N–H and O–H groups in total. The molecule has 0 aliphatic carbocycles. The van der Waals surface area contributed by atoms with Crippen LogP contribution in [0, 0.1) is 5.92 Å². The average molecular weight is 148 g/mol. The summed E-state index contributed by atoms with van der Waals surface area (Å²) in [6, 6.07) is 0. The molecule has 0 amide bonds. The molecule has 0 bridgehead atoms. The molecule has 0 unspecified atom stereocenters. The molecule has 0 heterocycles. The highest BCUT2D eigenvalue weighted by molar-refractivity contribution is 7.17. The van der Waals surface area contributed by atoms with E-state index in [4.69, 9.17) is 0 Å². The van der Waals surface area contributed by atoms with Gasteiger partial charge in [0.2, 0.25) is 0 Å². The Morgan fingerprint density at radius 2 is 2.22 bits per heavy atom. The fourth-order valence-corrected chi connectivity index (χ4v) is 0.797. The Balaban J connectivity index is 2.82. The average Bonchev–Trinajstić information content (AvgIpc) is 1.80. The van der Waals surface area contributed by atoms with Crippen LogP contribution in [0.3, 0.4) is 0 Å². The molecule has 0 fully saturated rings. The first-order valence-corrected chi connectivity index (χ1v) is 3.95. The van der Waals surface area contributed by atoms with Gasteiger partial charge in [-0.25, -0.2) is 4.57 Å². The molecule has 0 aromatic rings. The molecule has 0 aliphatic heterocycles. The van der Waals surface area contributed by atoms with Gasteiger partial charge in [-0.3, -0.25) is 4.52 Å². The highest BCUT2D eigenvalue weighted by atomic mass is 31.1. The normalized spacial score (nSPS) is 11.0. The Morgan fingerprint density at radius 1 is 1.56 bits per heavy atom. The smallest absolute Gasteiger partial charge is 0.294 e. The van der Waals surface area contributed by atoms with E-state index < -0.39 is 0 Å². The predicted octanol–water partition coefficient (Wildman–Crippen LogP) is 2.65. The Kier molecular flexibility index (Phi) is 6.23. The van der Waals surface area contributed by atoms with Crippen molar-refractivity contribution >= 4 is 8.69 Å². The van der Waals surface area contributed by atoms with Gasteiger partial charge in [0.05, 0.1) is 6.61 Å². The molecule has 0 aromatic heterocycles. The lowest BCUT2D eigenvalue weighted by Crippen LogP contribution is -1.90. The second kappa shape index (κ2) is 6.18. The lowest BCUT2D eigenvalue weighted by Gasteiger charge is -2.00. The number of hydrogen-bond donors (Lipinski definition) is 0. The molecule has 2 nitrogen and oxygen atoms in total. The quantitative estimate of drug-likeness (QED) is 0.442. The third-order valence-corrected chi connectivity index (χ3v) is 1.36. The zero-order valence-corrected chi connectivity index (χ0v) is 6.86. The third-order valence-electron chi connectivity index (χ3n) is 1.07. The summed E-state index contributed by atoms with van der Waals surface area (Å²) in [5, 5.41) is 0. The molecular formula is C6H13O2P. The molecule has 0 rings (SSSR count). The van der Waals surface area contributed by atoms with E-state index in [1.54, 1.807) is 0 Å². The predicted molar refractivity (Wildman–Crippen MR) is 37.6 cm³/mol. The Hall–Kier alpha value is 0.0600. The molecule has 0 saturated carbocycles. The van der Waals surface area contributed by atoms with Gasteiger partial charge in [-0.1, -0.05) is 13.8 Å². The maximum Gasteiger partial charge on any atom is 0.327 e. The van der Waals surface area contributed by atoms with Crippen LogP contribution in [0.4, 0.5) is 0 Å². The van der Waals surface area contributed by atoms with Crippen LogP contribution in [-0.2, 0) is 9.09 Å². The van der Waals surface area contributed by atoms with Crippen molar-refractivity contribution in [1.82, 2.24) is 0 Å². The molecule has 3 heteroatoms. The molecule has 0 spiro atoms. The van der Waals surface area contributed by atoms with Gasteiger partial charge in [0.15, 0.2) is 0 Å². The largest absolute Gasteiger partial charge is 0.327 e. The summed E-state index contributed by atoms with van der Waals surface area (Å²) < 4.78 is 14.3. The van der Waals surface area contributed by atoms with Crippen LogP contribution in [0.5, 0.6) is 0 Å². The van der Waals surface area contributed by atoms with E-state index in [-0.39, 0.29) is 8.69 Å². The maximum absolute atomic E-state index is 9.72. The van der Waals surface area contributed by atoms with Gasteiger partial charge >= 0.3 is 8.69 Å². The first-order valence-electron chi connectivity index (χ1n) is 3.22. The second-order valence-corrected chi connectivity index (χ2v) is 2.85. The standard InChI is InChI=1S/C6H13O2P/c1-6(2)4-3-5-8-9-7/h6H,3-5H2,1-2H3. The van der Waals surface area contributed by atoms with Crippen LogP contribution < -0.4 is 0 Å². The molecule has 0 atom stereocenters. The van der Waals surface area contributed by atoms with Gasteiger partial charge in [-0.15, -0.1) is 0 Å². The Morgan fingerprint density at radius 3 is 2.67 bits per heavy atom. The van der Waals surface area contributed by atoms with Crippen molar-refractivity contribution in [2.24, 2.45) is 5.92 Å². The van der Waals surface area contributed by atoms with Crippen molar-refractivity contribution in [3.05, 3.63) is 0 Å². The number of hydrogen-bond acceptors (Lipinski definition) is 2. The molecule has 0 aromatic carbocycles. The van der Waals surface area contributed by atoms with E-state index in [0.29, 0.717) is 6.61 Å². The molecule has 0 aliphatic rings. The summed E-state index contributed by atoms with van der Waals surface area (Å²) >= 11 is 0. The zero-order chi connectivity index (χ0) is 7.11. The summed E-state index contributed by atoms with van der Waals surface area (Å²) in [4.78, 5) is 0. The number of rotatable bonds is 5. The summed E-state index contributed by atoms with van der Waals surface area (Å²) in [7, 11) is -0.193. The fourth-order valence-electron chi connectivity index (χ4n) is 0.593. The first-order chi connectivity index (χ1) is 4.27. The van der Waals surface area contributed by atoms with Gasteiger partial charge in [0.25, 0.3) is 0 Å². The third kappa shape index (κ3) is 8.06. The van der Waals surface area contributed by atoms with E-state index in [9.17, 15) is 4.57 Å². The van der Waals surface area contributed by atoms with E-state index in [1.807, 2.05) is 0 Å². The highest BCUT2D eigenvalue weighted by Crippen LogP contribution is 2.05. The fraction of sp³-hybridized carbons (Fsp3) is 1.00. The highest BCUT2D eigenvalue weighted by Gasteiger charge is 1.92. The summed E-state index contributed by atoms with van der Waals surface area (Å²) in [5.41, 5.74) is 0. The summed E-state index contributed by atoms with van der Waals surface area (Å²) in [6.45, 7) is 4.94. The van der Waals surface area contributed by atoms with Crippen LogP contribution in [0.15, 0.2) is 0 Å². The van der Waals surface area contributed by atoms with E-state index in [0.717, 1.165) is 18.8 Å². The monoisotopic (exact) mass is 148 g/mol. The maximum atomic E-state index is 9.72. The topological polar surface area (TPSA) is 26.3 Å². The molecular weight excluding hydrogens is 135 g/mol. The first kappa shape index (κ1) is 9.06. The van der Waals surface area contributed by atoms with E-state index >= 15 is 0 Å². The minimum atomic E-state index is -0.193. The van der Waals surface area contributed by atoms with E-state index in [2.05, 4.69) is 18.4 Å². The molecule has 9 heavy (non-hydrogen) atoms. The van der Waals surface area contributed by atoms with Crippen molar-refractivity contribution < 1.29 is 9.09 Å². The van der Waals surface area contributed by atoms with Gasteiger partial charge in [0, 0.05) is 0 Å². The van der Waals surface area contributed by atoms with Crippen LogP contribution in [0.1, 0.15) is 26.7 Å². The van der Waals surface area contributed by atoms with Crippen molar-refractivity contribution in [2.75, 3.05) is 6.61 Å². The van der Waals surface area contributed by atoms with Crippen molar-refractivity contribution in [1.29, 1.82) is 0 Å².